The van der Waals surface area contributed by atoms with Crippen molar-refractivity contribution in [2.45, 2.75) is 84.2 Å². The molecule has 1 aliphatic heterocycles. The highest BCUT2D eigenvalue weighted by atomic mass is 19.1. The maximum Gasteiger partial charge on any atom is 0.319 e. The van der Waals surface area contributed by atoms with Gasteiger partial charge in [0, 0.05) is 18.6 Å². The van der Waals surface area contributed by atoms with Crippen LogP contribution >= 0.6 is 0 Å². The number of amides is 2. The van der Waals surface area contributed by atoms with Crippen LogP contribution < -0.4 is 10.6 Å². The van der Waals surface area contributed by atoms with Crippen molar-refractivity contribution in [3.05, 3.63) is 29.6 Å². The predicted molar refractivity (Wildman–Crippen MR) is 133 cm³/mol. The third kappa shape index (κ3) is 5.20. The van der Waals surface area contributed by atoms with Crippen molar-refractivity contribution in [2.24, 2.45) is 22.7 Å². The molecule has 35 heavy (non-hydrogen) atoms. The SMILES string of the molecule is CCOC(=O)[C@H]1CCCN(Cc2ccc(NC(=O)NC34CC5C[C@@](C)(C3)C[C@](C)(C5)C4)c(F)c2)C1. The summed E-state index contributed by atoms with van der Waals surface area (Å²) in [6.45, 7) is 9.04. The zero-order valence-corrected chi connectivity index (χ0v) is 21.4. The molecule has 0 spiro atoms. The Morgan fingerprint density at radius 3 is 2.54 bits per heavy atom. The molecule has 4 bridgehead atoms. The summed E-state index contributed by atoms with van der Waals surface area (Å²) >= 11 is 0. The van der Waals surface area contributed by atoms with E-state index < -0.39 is 5.82 Å². The Morgan fingerprint density at radius 1 is 1.14 bits per heavy atom. The van der Waals surface area contributed by atoms with Crippen LogP contribution in [0.4, 0.5) is 14.9 Å². The first-order valence-corrected chi connectivity index (χ1v) is 13.3. The minimum absolute atomic E-state index is 0.118. The molecule has 4 aliphatic carbocycles. The number of carbonyl (C=O) groups is 2. The lowest BCUT2D eigenvalue weighted by atomic mass is 9.43. The summed E-state index contributed by atoms with van der Waals surface area (Å²) in [5.74, 6) is -0.0138. The molecule has 6 rings (SSSR count). The van der Waals surface area contributed by atoms with Gasteiger partial charge in [-0.3, -0.25) is 9.69 Å². The number of benzene rings is 1. The Bertz CT molecular complexity index is 980. The van der Waals surface area contributed by atoms with Gasteiger partial charge in [0.15, 0.2) is 0 Å². The number of carbonyl (C=O) groups excluding carboxylic acids is 2. The Balaban J connectivity index is 1.19. The second-order valence-corrected chi connectivity index (χ2v) is 12.6. The van der Waals surface area contributed by atoms with Gasteiger partial charge in [-0.25, -0.2) is 9.18 Å². The van der Waals surface area contributed by atoms with Gasteiger partial charge in [0.1, 0.15) is 5.82 Å². The topological polar surface area (TPSA) is 70.7 Å². The fraction of sp³-hybridized carbons (Fsp3) is 0.714. The fourth-order valence-corrected chi connectivity index (χ4v) is 8.65. The molecule has 5 fully saturated rings. The number of nitrogens with zero attached hydrogens (tertiary/aromatic N) is 1. The van der Waals surface area contributed by atoms with Crippen LogP contribution in [-0.4, -0.2) is 42.1 Å². The highest BCUT2D eigenvalue weighted by molar-refractivity contribution is 5.90. The number of likely N-dealkylation sites (tertiary alicyclic amines) is 1. The number of ether oxygens (including phenoxy) is 1. The van der Waals surface area contributed by atoms with Crippen molar-refractivity contribution >= 4 is 17.7 Å². The molecule has 1 heterocycles. The van der Waals surface area contributed by atoms with Crippen molar-refractivity contribution in [1.29, 1.82) is 0 Å². The zero-order chi connectivity index (χ0) is 24.8. The Kier molecular flexibility index (Phi) is 6.35. The summed E-state index contributed by atoms with van der Waals surface area (Å²) in [7, 11) is 0. The van der Waals surface area contributed by atoms with E-state index in [-0.39, 0.29) is 29.1 Å². The first-order valence-electron chi connectivity index (χ1n) is 13.3. The van der Waals surface area contributed by atoms with E-state index >= 15 is 0 Å². The van der Waals surface area contributed by atoms with E-state index in [1.54, 1.807) is 6.07 Å². The van der Waals surface area contributed by atoms with Crippen LogP contribution in [0.15, 0.2) is 18.2 Å². The van der Waals surface area contributed by atoms with Crippen LogP contribution in [-0.2, 0) is 16.1 Å². The molecule has 1 aromatic rings. The van der Waals surface area contributed by atoms with Gasteiger partial charge < -0.3 is 15.4 Å². The zero-order valence-electron chi connectivity index (χ0n) is 21.4. The standard InChI is InChI=1S/C28H40FN3O3/c1-4-35-24(33)21-6-5-9-32(15-21)14-19-7-8-23(22(29)10-19)30-25(34)31-28-13-20-11-26(2,17-28)16-27(3,12-20)18-28/h7-8,10,20-21H,4-6,9,11-18H2,1-3H3,(H2,30,31,34)/t20?,21-,26-,27+,28?/m0/s1. The van der Waals surface area contributed by atoms with E-state index in [0.717, 1.165) is 44.2 Å². The van der Waals surface area contributed by atoms with Gasteiger partial charge >= 0.3 is 12.0 Å². The molecule has 5 atom stereocenters. The van der Waals surface area contributed by atoms with Gasteiger partial charge in [-0.1, -0.05) is 19.9 Å². The van der Waals surface area contributed by atoms with Crippen LogP contribution in [0, 0.1) is 28.5 Å². The maximum absolute atomic E-state index is 15.0. The van der Waals surface area contributed by atoms with Gasteiger partial charge in [0.05, 0.1) is 18.2 Å². The average molecular weight is 486 g/mol. The smallest absolute Gasteiger partial charge is 0.319 e. The first-order chi connectivity index (χ1) is 16.6. The van der Waals surface area contributed by atoms with Gasteiger partial charge in [0.2, 0.25) is 0 Å². The number of nitrogens with one attached hydrogen (secondary N) is 2. The second kappa shape index (κ2) is 9.06. The summed E-state index contributed by atoms with van der Waals surface area (Å²) in [5, 5.41) is 6.07. The van der Waals surface area contributed by atoms with E-state index in [2.05, 4.69) is 29.4 Å². The van der Waals surface area contributed by atoms with Crippen LogP contribution in [0.25, 0.3) is 0 Å². The number of halogens is 1. The van der Waals surface area contributed by atoms with Gasteiger partial charge in [-0.15, -0.1) is 0 Å². The summed E-state index contributed by atoms with van der Waals surface area (Å²) in [6.07, 6.45) is 8.61. The summed E-state index contributed by atoms with van der Waals surface area (Å²) < 4.78 is 20.1. The highest BCUT2D eigenvalue weighted by Gasteiger charge is 2.60. The third-order valence-corrected chi connectivity index (χ3v) is 8.82. The van der Waals surface area contributed by atoms with E-state index in [0.29, 0.717) is 36.4 Å². The summed E-state index contributed by atoms with van der Waals surface area (Å²) in [6, 6.07) is 4.70. The lowest BCUT2D eigenvalue weighted by molar-refractivity contribution is -0.150. The number of rotatable bonds is 6. The molecule has 6 nitrogen and oxygen atoms in total. The molecule has 192 valence electrons. The Morgan fingerprint density at radius 2 is 1.89 bits per heavy atom. The largest absolute Gasteiger partial charge is 0.466 e. The van der Waals surface area contributed by atoms with E-state index in [4.69, 9.17) is 4.74 Å². The minimum Gasteiger partial charge on any atom is -0.466 e. The molecule has 5 aliphatic rings. The number of piperidine rings is 1. The summed E-state index contributed by atoms with van der Waals surface area (Å²) in [5.41, 5.74) is 1.47. The maximum atomic E-state index is 15.0. The quantitative estimate of drug-likeness (QED) is 0.524. The van der Waals surface area contributed by atoms with Crippen LogP contribution in [0.3, 0.4) is 0 Å². The molecule has 2 N–H and O–H groups in total. The molecular formula is C28H40FN3O3. The lowest BCUT2D eigenvalue weighted by Gasteiger charge is -2.65. The minimum atomic E-state index is -0.430. The molecule has 0 radical (unpaired) electrons. The van der Waals surface area contributed by atoms with Crippen LogP contribution in [0.5, 0.6) is 0 Å². The first kappa shape index (κ1) is 24.5. The molecule has 2 amide bonds. The number of anilines is 1. The predicted octanol–water partition coefficient (Wildman–Crippen LogP) is 5.47. The Hall–Kier alpha value is -2.15. The molecule has 4 saturated carbocycles. The summed E-state index contributed by atoms with van der Waals surface area (Å²) in [4.78, 5) is 27.3. The molecule has 1 saturated heterocycles. The van der Waals surface area contributed by atoms with E-state index in [1.165, 1.54) is 25.3 Å². The average Bonchev–Trinajstić information content (AvgIpc) is 2.73. The number of hydrogen-bond acceptors (Lipinski definition) is 4. The molecular weight excluding hydrogens is 445 g/mol. The van der Waals surface area contributed by atoms with E-state index in [1.807, 2.05) is 13.0 Å². The second-order valence-electron chi connectivity index (χ2n) is 12.6. The van der Waals surface area contributed by atoms with Crippen molar-refractivity contribution < 1.29 is 18.7 Å². The van der Waals surface area contributed by atoms with Gasteiger partial charge in [-0.05, 0) is 99.3 Å². The normalized spacial score (nSPS) is 36.1. The monoisotopic (exact) mass is 485 g/mol. The number of esters is 1. The van der Waals surface area contributed by atoms with Gasteiger partial charge in [-0.2, -0.15) is 0 Å². The molecule has 2 unspecified atom stereocenters. The van der Waals surface area contributed by atoms with Crippen LogP contribution in [0.1, 0.15) is 77.7 Å². The van der Waals surface area contributed by atoms with Crippen LogP contribution in [0.2, 0.25) is 0 Å². The van der Waals surface area contributed by atoms with Crippen molar-refractivity contribution in [3.8, 4) is 0 Å². The number of hydrogen-bond donors (Lipinski definition) is 2. The number of urea groups is 1. The molecule has 1 aromatic carbocycles. The van der Waals surface area contributed by atoms with Crippen molar-refractivity contribution in [2.75, 3.05) is 25.0 Å². The highest BCUT2D eigenvalue weighted by Crippen LogP contribution is 2.66. The van der Waals surface area contributed by atoms with Gasteiger partial charge in [0.25, 0.3) is 0 Å². The van der Waals surface area contributed by atoms with Crippen molar-refractivity contribution in [3.63, 3.8) is 0 Å². The lowest BCUT2D eigenvalue weighted by Crippen LogP contribution is -2.65. The van der Waals surface area contributed by atoms with Crippen molar-refractivity contribution in [1.82, 2.24) is 10.2 Å². The fourth-order valence-electron chi connectivity index (χ4n) is 8.65. The third-order valence-electron chi connectivity index (χ3n) is 8.82. The van der Waals surface area contributed by atoms with E-state index in [9.17, 15) is 14.0 Å². The molecule has 7 heteroatoms. The Labute approximate surface area is 208 Å². The molecule has 0 aromatic heterocycles.